The zero-order valence-electron chi connectivity index (χ0n) is 11.4. The second-order valence-electron chi connectivity index (χ2n) is 5.45. The van der Waals surface area contributed by atoms with Gasteiger partial charge >= 0.3 is 0 Å². The summed E-state index contributed by atoms with van der Waals surface area (Å²) in [5, 5.41) is 3.28. The first kappa shape index (κ1) is 14.3. The first-order valence-electron chi connectivity index (χ1n) is 7.17. The maximum Gasteiger partial charge on any atom is 0.231 e. The zero-order valence-corrected chi connectivity index (χ0v) is 11.4. The molecule has 6 nitrogen and oxygen atoms in total. The Labute approximate surface area is 114 Å². The van der Waals surface area contributed by atoms with Crippen LogP contribution in [0.1, 0.15) is 19.3 Å². The van der Waals surface area contributed by atoms with Crippen molar-refractivity contribution in [1.82, 2.24) is 15.1 Å². The van der Waals surface area contributed by atoms with Gasteiger partial charge in [-0.05, 0) is 32.4 Å². The fraction of sp³-hybridized carbons (Fsp3) is 0.846. The molecule has 2 aliphatic rings. The third kappa shape index (κ3) is 4.18. The number of rotatable bonds is 3. The van der Waals surface area contributed by atoms with E-state index in [9.17, 15) is 9.59 Å². The van der Waals surface area contributed by atoms with Crippen LogP contribution >= 0.6 is 0 Å². The van der Waals surface area contributed by atoms with Crippen LogP contribution < -0.4 is 11.1 Å². The second-order valence-corrected chi connectivity index (χ2v) is 5.45. The Kier molecular flexibility index (Phi) is 5.15. The third-order valence-corrected chi connectivity index (χ3v) is 3.97. The Bertz CT molecular complexity index is 329. The molecule has 0 atom stereocenters. The first-order valence-corrected chi connectivity index (χ1v) is 7.17. The summed E-state index contributed by atoms with van der Waals surface area (Å²) in [5.41, 5.74) is 5.22. The van der Waals surface area contributed by atoms with E-state index in [1.165, 1.54) is 0 Å². The van der Waals surface area contributed by atoms with Crippen molar-refractivity contribution in [3.63, 3.8) is 0 Å². The minimum absolute atomic E-state index is 0.184. The minimum Gasteiger partial charge on any atom is -0.369 e. The van der Waals surface area contributed by atoms with Gasteiger partial charge in [-0.1, -0.05) is 0 Å². The van der Waals surface area contributed by atoms with Crippen LogP contribution in [-0.2, 0) is 9.59 Å². The van der Waals surface area contributed by atoms with Crippen LogP contribution in [0.4, 0.5) is 0 Å². The quantitative estimate of drug-likeness (QED) is 0.688. The standard InChI is InChI=1S/C13H24N4O2/c14-12(18)10-16-6-1-7-17(9-8-16)13(19)11-2-4-15-5-3-11/h11,15H,1-10H2,(H2,14,18). The summed E-state index contributed by atoms with van der Waals surface area (Å²) in [6.45, 7) is 5.30. The number of piperidine rings is 1. The van der Waals surface area contributed by atoms with E-state index in [-0.39, 0.29) is 11.8 Å². The summed E-state index contributed by atoms with van der Waals surface area (Å²) >= 11 is 0. The van der Waals surface area contributed by atoms with Gasteiger partial charge in [-0.15, -0.1) is 0 Å². The molecular weight excluding hydrogens is 244 g/mol. The monoisotopic (exact) mass is 268 g/mol. The largest absolute Gasteiger partial charge is 0.369 e. The molecule has 2 saturated heterocycles. The molecule has 0 aromatic heterocycles. The molecule has 2 heterocycles. The Morgan fingerprint density at radius 1 is 1.11 bits per heavy atom. The number of hydrogen-bond acceptors (Lipinski definition) is 4. The van der Waals surface area contributed by atoms with E-state index in [1.54, 1.807) is 0 Å². The van der Waals surface area contributed by atoms with Crippen molar-refractivity contribution in [2.24, 2.45) is 11.7 Å². The van der Waals surface area contributed by atoms with Crippen molar-refractivity contribution in [1.29, 1.82) is 0 Å². The summed E-state index contributed by atoms with van der Waals surface area (Å²) in [6, 6.07) is 0. The van der Waals surface area contributed by atoms with Crippen molar-refractivity contribution >= 4 is 11.8 Å². The van der Waals surface area contributed by atoms with Gasteiger partial charge < -0.3 is 16.0 Å². The van der Waals surface area contributed by atoms with E-state index in [0.717, 1.165) is 58.5 Å². The summed E-state index contributed by atoms with van der Waals surface area (Å²) in [6.07, 6.45) is 2.81. The number of nitrogens with two attached hydrogens (primary N) is 1. The van der Waals surface area contributed by atoms with E-state index in [4.69, 9.17) is 5.73 Å². The minimum atomic E-state index is -0.293. The molecule has 2 aliphatic heterocycles. The van der Waals surface area contributed by atoms with Gasteiger partial charge in [0.2, 0.25) is 11.8 Å². The Balaban J connectivity index is 1.84. The first-order chi connectivity index (χ1) is 9.16. The SMILES string of the molecule is NC(=O)CN1CCCN(C(=O)C2CCNCC2)CC1. The summed E-state index contributed by atoms with van der Waals surface area (Å²) in [4.78, 5) is 27.4. The second kappa shape index (κ2) is 6.86. The average molecular weight is 268 g/mol. The van der Waals surface area contributed by atoms with Crippen molar-refractivity contribution in [2.45, 2.75) is 19.3 Å². The summed E-state index contributed by atoms with van der Waals surface area (Å²) in [5.74, 6) is 0.185. The number of amides is 2. The highest BCUT2D eigenvalue weighted by molar-refractivity contribution is 5.79. The van der Waals surface area contributed by atoms with Gasteiger partial charge in [0.05, 0.1) is 6.54 Å². The van der Waals surface area contributed by atoms with Crippen LogP contribution in [-0.4, -0.2) is 67.4 Å². The van der Waals surface area contributed by atoms with Crippen LogP contribution in [0.5, 0.6) is 0 Å². The fourth-order valence-electron chi connectivity index (χ4n) is 2.90. The van der Waals surface area contributed by atoms with Gasteiger partial charge in [-0.3, -0.25) is 14.5 Å². The molecule has 2 amide bonds. The van der Waals surface area contributed by atoms with Crippen LogP contribution in [0, 0.1) is 5.92 Å². The molecule has 0 radical (unpaired) electrons. The molecule has 108 valence electrons. The Morgan fingerprint density at radius 2 is 1.84 bits per heavy atom. The van der Waals surface area contributed by atoms with Crippen LogP contribution in [0.15, 0.2) is 0 Å². The van der Waals surface area contributed by atoms with Crippen molar-refractivity contribution in [3.8, 4) is 0 Å². The summed E-state index contributed by atoms with van der Waals surface area (Å²) < 4.78 is 0. The number of nitrogens with one attached hydrogen (secondary N) is 1. The average Bonchev–Trinajstić information content (AvgIpc) is 2.64. The molecular formula is C13H24N4O2. The van der Waals surface area contributed by atoms with Crippen molar-refractivity contribution in [2.75, 3.05) is 45.8 Å². The summed E-state index contributed by atoms with van der Waals surface area (Å²) in [7, 11) is 0. The molecule has 0 aromatic carbocycles. The number of nitrogens with zero attached hydrogens (tertiary/aromatic N) is 2. The zero-order chi connectivity index (χ0) is 13.7. The lowest BCUT2D eigenvalue weighted by Crippen LogP contribution is -2.43. The van der Waals surface area contributed by atoms with Gasteiger partial charge in [-0.25, -0.2) is 0 Å². The van der Waals surface area contributed by atoms with E-state index in [2.05, 4.69) is 5.32 Å². The number of carbonyl (C=O) groups excluding carboxylic acids is 2. The van der Waals surface area contributed by atoms with Gasteiger partial charge in [0, 0.05) is 32.1 Å². The molecule has 0 aliphatic carbocycles. The lowest BCUT2D eigenvalue weighted by Gasteiger charge is -2.28. The smallest absolute Gasteiger partial charge is 0.231 e. The lowest BCUT2D eigenvalue weighted by molar-refractivity contribution is -0.136. The molecule has 0 unspecified atom stereocenters. The van der Waals surface area contributed by atoms with Crippen molar-refractivity contribution in [3.05, 3.63) is 0 Å². The molecule has 3 N–H and O–H groups in total. The highest BCUT2D eigenvalue weighted by atomic mass is 16.2. The molecule has 2 rings (SSSR count). The predicted octanol–water partition coefficient (Wildman–Crippen LogP) is -0.994. The Hall–Kier alpha value is -1.14. The third-order valence-electron chi connectivity index (χ3n) is 3.97. The molecule has 0 bridgehead atoms. The molecule has 0 aromatic rings. The number of hydrogen-bond donors (Lipinski definition) is 2. The van der Waals surface area contributed by atoms with Gasteiger partial charge in [0.15, 0.2) is 0 Å². The number of carbonyl (C=O) groups is 2. The van der Waals surface area contributed by atoms with E-state index in [0.29, 0.717) is 12.5 Å². The van der Waals surface area contributed by atoms with Gasteiger partial charge in [-0.2, -0.15) is 0 Å². The van der Waals surface area contributed by atoms with E-state index < -0.39 is 0 Å². The highest BCUT2D eigenvalue weighted by Gasteiger charge is 2.27. The molecule has 19 heavy (non-hydrogen) atoms. The van der Waals surface area contributed by atoms with Crippen LogP contribution in [0.25, 0.3) is 0 Å². The molecule has 2 fully saturated rings. The topological polar surface area (TPSA) is 78.7 Å². The maximum absolute atomic E-state index is 12.4. The molecule has 0 saturated carbocycles. The van der Waals surface area contributed by atoms with Crippen LogP contribution in [0.2, 0.25) is 0 Å². The Morgan fingerprint density at radius 3 is 2.53 bits per heavy atom. The normalized spacial score (nSPS) is 23.1. The maximum atomic E-state index is 12.4. The number of primary amides is 1. The fourth-order valence-corrected chi connectivity index (χ4v) is 2.90. The van der Waals surface area contributed by atoms with Gasteiger partial charge in [0.25, 0.3) is 0 Å². The van der Waals surface area contributed by atoms with Crippen molar-refractivity contribution < 1.29 is 9.59 Å². The predicted molar refractivity (Wildman–Crippen MR) is 72.4 cm³/mol. The van der Waals surface area contributed by atoms with E-state index in [1.807, 2.05) is 9.80 Å². The highest BCUT2D eigenvalue weighted by Crippen LogP contribution is 2.16. The van der Waals surface area contributed by atoms with Crippen LogP contribution in [0.3, 0.4) is 0 Å². The van der Waals surface area contributed by atoms with E-state index >= 15 is 0 Å². The molecule has 0 spiro atoms. The lowest BCUT2D eigenvalue weighted by atomic mass is 9.96. The van der Waals surface area contributed by atoms with Gasteiger partial charge in [0.1, 0.15) is 0 Å². The molecule has 6 heteroatoms.